The zero-order valence-electron chi connectivity index (χ0n) is 7.65. The van der Waals surface area contributed by atoms with Crippen LogP contribution in [0.2, 0.25) is 0 Å². The first kappa shape index (κ1) is 9.58. The van der Waals surface area contributed by atoms with E-state index in [0.717, 1.165) is 0 Å². The number of hydrogen-bond donors (Lipinski definition) is 1. The molecule has 1 rings (SSSR count). The maximum Gasteiger partial charge on any atom is 0.168 e. The molecule has 3 nitrogen and oxygen atoms in total. The van der Waals surface area contributed by atoms with Gasteiger partial charge in [0.1, 0.15) is 0 Å². The highest BCUT2D eigenvalue weighted by atomic mass is 16.5. The normalized spacial score (nSPS) is 10.1. The topological polar surface area (TPSA) is 46.5 Å². The van der Waals surface area contributed by atoms with E-state index in [4.69, 9.17) is 4.74 Å². The summed E-state index contributed by atoms with van der Waals surface area (Å²) in [6.45, 7) is 3.71. The number of phenols is 1. The third-order valence-corrected chi connectivity index (χ3v) is 1.52. The molecular weight excluding hydrogens is 168 g/mol. The van der Waals surface area contributed by atoms with Crippen LogP contribution in [0.4, 0.5) is 0 Å². The minimum absolute atomic E-state index is 0.0206. The summed E-state index contributed by atoms with van der Waals surface area (Å²) in [5.74, 6) is 0.255. The lowest BCUT2D eigenvalue weighted by atomic mass is 10.2. The monoisotopic (exact) mass is 180 g/mol. The van der Waals surface area contributed by atoms with E-state index in [2.05, 4.69) is 0 Å². The Balaban J connectivity index is 3.01. The van der Waals surface area contributed by atoms with Crippen molar-refractivity contribution in [3.63, 3.8) is 0 Å². The number of benzene rings is 1. The zero-order chi connectivity index (χ0) is 9.84. The first-order valence-electron chi connectivity index (χ1n) is 4.09. The number of aromatic hydroxyl groups is 1. The van der Waals surface area contributed by atoms with E-state index in [1.54, 1.807) is 12.1 Å². The van der Waals surface area contributed by atoms with E-state index in [1.807, 2.05) is 13.8 Å². The van der Waals surface area contributed by atoms with Gasteiger partial charge in [0, 0.05) is 0 Å². The first-order valence-corrected chi connectivity index (χ1v) is 4.09. The number of rotatable bonds is 3. The first-order chi connectivity index (χ1) is 6.15. The van der Waals surface area contributed by atoms with Gasteiger partial charge in [-0.25, -0.2) is 0 Å². The summed E-state index contributed by atoms with van der Waals surface area (Å²) in [4.78, 5) is 10.4. The van der Waals surface area contributed by atoms with Crippen molar-refractivity contribution in [1.82, 2.24) is 0 Å². The van der Waals surface area contributed by atoms with Gasteiger partial charge in [0.2, 0.25) is 0 Å². The number of aldehydes is 1. The average Bonchev–Trinajstić information content (AvgIpc) is 2.08. The van der Waals surface area contributed by atoms with Crippen molar-refractivity contribution in [2.75, 3.05) is 0 Å². The summed E-state index contributed by atoms with van der Waals surface area (Å²) in [5, 5.41) is 9.48. The van der Waals surface area contributed by atoms with Crippen LogP contribution in [-0.4, -0.2) is 17.5 Å². The Morgan fingerprint density at radius 2 is 2.15 bits per heavy atom. The van der Waals surface area contributed by atoms with Crippen LogP contribution < -0.4 is 4.74 Å². The molecule has 0 bridgehead atoms. The van der Waals surface area contributed by atoms with E-state index in [9.17, 15) is 9.90 Å². The van der Waals surface area contributed by atoms with Gasteiger partial charge in [-0.1, -0.05) is 6.07 Å². The molecule has 3 heteroatoms. The van der Waals surface area contributed by atoms with Gasteiger partial charge in [0.25, 0.3) is 0 Å². The van der Waals surface area contributed by atoms with Crippen molar-refractivity contribution in [1.29, 1.82) is 0 Å². The molecule has 1 N–H and O–H groups in total. The molecule has 0 aromatic heterocycles. The van der Waals surface area contributed by atoms with Crippen LogP contribution >= 0.6 is 0 Å². The molecule has 0 saturated carbocycles. The Hall–Kier alpha value is -1.51. The predicted octanol–water partition coefficient (Wildman–Crippen LogP) is 1.99. The van der Waals surface area contributed by atoms with Gasteiger partial charge in [0.05, 0.1) is 11.7 Å². The van der Waals surface area contributed by atoms with E-state index >= 15 is 0 Å². The van der Waals surface area contributed by atoms with E-state index in [0.29, 0.717) is 12.0 Å². The quantitative estimate of drug-likeness (QED) is 0.723. The van der Waals surface area contributed by atoms with Crippen LogP contribution in [0.5, 0.6) is 11.5 Å². The van der Waals surface area contributed by atoms with Gasteiger partial charge < -0.3 is 9.84 Å². The fourth-order valence-corrected chi connectivity index (χ4v) is 0.983. The van der Waals surface area contributed by atoms with Gasteiger partial charge in [-0.3, -0.25) is 4.79 Å². The van der Waals surface area contributed by atoms with E-state index in [1.165, 1.54) is 6.07 Å². The smallest absolute Gasteiger partial charge is 0.168 e. The van der Waals surface area contributed by atoms with Crippen molar-refractivity contribution in [2.24, 2.45) is 0 Å². The number of hydrogen-bond acceptors (Lipinski definition) is 3. The maximum absolute atomic E-state index is 10.4. The lowest BCUT2D eigenvalue weighted by molar-refractivity contribution is 0.111. The van der Waals surface area contributed by atoms with Crippen molar-refractivity contribution >= 4 is 6.29 Å². The van der Waals surface area contributed by atoms with Crippen molar-refractivity contribution in [3.05, 3.63) is 23.8 Å². The second kappa shape index (κ2) is 3.94. The molecule has 0 radical (unpaired) electrons. The van der Waals surface area contributed by atoms with E-state index in [-0.39, 0.29) is 17.4 Å². The molecule has 0 aliphatic carbocycles. The van der Waals surface area contributed by atoms with Gasteiger partial charge in [-0.05, 0) is 26.0 Å². The molecule has 1 aromatic rings. The Labute approximate surface area is 77.0 Å². The van der Waals surface area contributed by atoms with Crippen molar-refractivity contribution in [2.45, 2.75) is 20.0 Å². The van der Waals surface area contributed by atoms with Gasteiger partial charge in [-0.15, -0.1) is 0 Å². The molecule has 0 unspecified atom stereocenters. The van der Waals surface area contributed by atoms with Crippen LogP contribution in [0.15, 0.2) is 18.2 Å². The Morgan fingerprint density at radius 3 is 2.69 bits per heavy atom. The summed E-state index contributed by atoms with van der Waals surface area (Å²) < 4.78 is 5.28. The summed E-state index contributed by atoms with van der Waals surface area (Å²) in [5.41, 5.74) is 0.248. The number of carbonyl (C=O) groups is 1. The number of phenolic OH excluding ortho intramolecular Hbond substituents is 1. The molecular formula is C10H12O3. The Bertz CT molecular complexity index is 305. The highest BCUT2D eigenvalue weighted by Gasteiger charge is 2.07. The molecule has 0 aliphatic heterocycles. The SMILES string of the molecule is CC(C)Oc1cccc(C=O)c1O. The van der Waals surface area contributed by atoms with Gasteiger partial charge in [0.15, 0.2) is 17.8 Å². The molecule has 13 heavy (non-hydrogen) atoms. The highest BCUT2D eigenvalue weighted by molar-refractivity contribution is 5.80. The summed E-state index contributed by atoms with van der Waals surface area (Å²) in [6, 6.07) is 4.83. The number of para-hydroxylation sites is 1. The molecule has 0 spiro atoms. The lowest BCUT2D eigenvalue weighted by Crippen LogP contribution is -2.05. The van der Waals surface area contributed by atoms with Crippen LogP contribution in [0, 0.1) is 0 Å². The number of ether oxygens (including phenoxy) is 1. The minimum Gasteiger partial charge on any atom is -0.504 e. The standard InChI is InChI=1S/C10H12O3/c1-7(2)13-9-5-3-4-8(6-11)10(9)12/h3-7,12H,1-2H3. The number of carbonyl (C=O) groups excluding carboxylic acids is 1. The Morgan fingerprint density at radius 1 is 1.46 bits per heavy atom. The van der Waals surface area contributed by atoms with Crippen LogP contribution in [0.25, 0.3) is 0 Å². The minimum atomic E-state index is -0.0915. The zero-order valence-corrected chi connectivity index (χ0v) is 7.65. The molecule has 0 atom stereocenters. The highest BCUT2D eigenvalue weighted by Crippen LogP contribution is 2.29. The molecule has 0 heterocycles. The molecule has 1 aromatic carbocycles. The third-order valence-electron chi connectivity index (χ3n) is 1.52. The molecule has 0 fully saturated rings. The summed E-state index contributed by atoms with van der Waals surface area (Å²) in [6.07, 6.45) is 0.579. The average molecular weight is 180 g/mol. The second-order valence-corrected chi connectivity index (χ2v) is 2.98. The second-order valence-electron chi connectivity index (χ2n) is 2.98. The van der Waals surface area contributed by atoms with Gasteiger partial charge in [-0.2, -0.15) is 0 Å². The summed E-state index contributed by atoms with van der Waals surface area (Å²) >= 11 is 0. The van der Waals surface area contributed by atoms with E-state index < -0.39 is 0 Å². The fourth-order valence-electron chi connectivity index (χ4n) is 0.983. The lowest BCUT2D eigenvalue weighted by Gasteiger charge is -2.11. The van der Waals surface area contributed by atoms with Crippen LogP contribution in [-0.2, 0) is 0 Å². The van der Waals surface area contributed by atoms with Crippen LogP contribution in [0.1, 0.15) is 24.2 Å². The molecule has 0 amide bonds. The molecule has 0 saturated heterocycles. The predicted molar refractivity (Wildman–Crippen MR) is 49.3 cm³/mol. The molecule has 70 valence electrons. The molecule has 0 aliphatic rings. The fraction of sp³-hybridized carbons (Fsp3) is 0.300. The van der Waals surface area contributed by atoms with Crippen LogP contribution in [0.3, 0.4) is 0 Å². The third kappa shape index (κ3) is 2.21. The Kier molecular flexibility index (Phi) is 2.90. The van der Waals surface area contributed by atoms with Crippen molar-refractivity contribution in [3.8, 4) is 11.5 Å². The largest absolute Gasteiger partial charge is 0.504 e. The summed E-state index contributed by atoms with van der Waals surface area (Å²) in [7, 11) is 0. The van der Waals surface area contributed by atoms with Gasteiger partial charge >= 0.3 is 0 Å². The maximum atomic E-state index is 10.4. The van der Waals surface area contributed by atoms with Crippen molar-refractivity contribution < 1.29 is 14.6 Å².